The molecule has 5 nitrogen and oxygen atoms in total. The molecule has 2 fully saturated rings. The van der Waals surface area contributed by atoms with E-state index >= 15 is 0 Å². The Hall–Kier alpha value is -0.940. The van der Waals surface area contributed by atoms with Crippen molar-refractivity contribution in [3.05, 3.63) is 0 Å². The number of likely N-dealkylation sites (tertiary alicyclic amines) is 1. The summed E-state index contributed by atoms with van der Waals surface area (Å²) < 4.78 is 0. The van der Waals surface area contributed by atoms with Crippen LogP contribution in [-0.2, 0) is 9.59 Å². The van der Waals surface area contributed by atoms with Crippen molar-refractivity contribution in [2.24, 2.45) is 5.73 Å². The normalized spacial score (nSPS) is 33.6. The smallest absolute Gasteiger partial charge is 0.246 e. The van der Waals surface area contributed by atoms with E-state index in [2.05, 4.69) is 11.8 Å². The van der Waals surface area contributed by atoms with Crippen LogP contribution in [0.3, 0.4) is 0 Å². The van der Waals surface area contributed by atoms with Gasteiger partial charge < -0.3 is 5.73 Å². The highest BCUT2D eigenvalue weighted by atomic mass is 16.2. The van der Waals surface area contributed by atoms with E-state index in [-0.39, 0.29) is 17.9 Å². The van der Waals surface area contributed by atoms with E-state index in [1.807, 2.05) is 0 Å². The highest BCUT2D eigenvalue weighted by Gasteiger charge is 2.41. The minimum atomic E-state index is -0.244. The van der Waals surface area contributed by atoms with Crippen molar-refractivity contribution >= 4 is 11.8 Å². The molecule has 102 valence electrons. The highest BCUT2D eigenvalue weighted by Crippen LogP contribution is 2.27. The van der Waals surface area contributed by atoms with Gasteiger partial charge in [-0.3, -0.25) is 19.4 Å². The van der Waals surface area contributed by atoms with Crippen molar-refractivity contribution in [3.63, 3.8) is 0 Å². The maximum absolute atomic E-state index is 12.1. The molecule has 1 heterocycles. The summed E-state index contributed by atoms with van der Waals surface area (Å²) in [4.78, 5) is 27.1. The second kappa shape index (κ2) is 5.36. The number of nitrogens with zero attached hydrogens (tertiary/aromatic N) is 2. The zero-order valence-electron chi connectivity index (χ0n) is 11.3. The van der Waals surface area contributed by atoms with Crippen molar-refractivity contribution in [2.75, 3.05) is 13.6 Å². The molecule has 18 heavy (non-hydrogen) atoms. The maximum Gasteiger partial charge on any atom is 0.246 e. The lowest BCUT2D eigenvalue weighted by molar-refractivity contribution is -0.138. The van der Waals surface area contributed by atoms with Gasteiger partial charge >= 0.3 is 0 Å². The molecule has 2 aliphatic rings. The minimum Gasteiger partial charge on any atom is -0.328 e. The predicted molar refractivity (Wildman–Crippen MR) is 68.8 cm³/mol. The van der Waals surface area contributed by atoms with Gasteiger partial charge in [-0.1, -0.05) is 6.92 Å². The Balaban J connectivity index is 2.05. The summed E-state index contributed by atoms with van der Waals surface area (Å²) in [5.41, 5.74) is 5.92. The summed E-state index contributed by atoms with van der Waals surface area (Å²) in [5, 5.41) is 0. The first kappa shape index (κ1) is 13.5. The number of hydrogen-bond acceptors (Lipinski definition) is 4. The lowest BCUT2D eigenvalue weighted by Crippen LogP contribution is -2.49. The molecule has 2 amide bonds. The van der Waals surface area contributed by atoms with E-state index in [1.54, 1.807) is 7.05 Å². The number of amides is 2. The minimum absolute atomic E-state index is 0.0447. The van der Waals surface area contributed by atoms with Gasteiger partial charge in [0.25, 0.3) is 0 Å². The molecule has 2 N–H and O–H groups in total. The topological polar surface area (TPSA) is 66.6 Å². The molecule has 1 unspecified atom stereocenters. The molecule has 0 aromatic carbocycles. The SMILES string of the molecule is CCN(C1CCC(N)CC1)C1CC(=O)N(C)C1=O. The van der Waals surface area contributed by atoms with E-state index in [0.717, 1.165) is 32.2 Å². The first-order valence-electron chi connectivity index (χ1n) is 6.86. The molecule has 0 spiro atoms. The molecule has 1 saturated heterocycles. The Morgan fingerprint density at radius 2 is 1.89 bits per heavy atom. The van der Waals surface area contributed by atoms with Crippen LogP contribution in [0.25, 0.3) is 0 Å². The molecule has 1 saturated carbocycles. The number of rotatable bonds is 3. The van der Waals surface area contributed by atoms with Gasteiger partial charge in [0.2, 0.25) is 11.8 Å². The number of carbonyl (C=O) groups is 2. The van der Waals surface area contributed by atoms with Crippen LogP contribution >= 0.6 is 0 Å². The van der Waals surface area contributed by atoms with Crippen LogP contribution in [0.15, 0.2) is 0 Å². The number of carbonyl (C=O) groups excluding carboxylic acids is 2. The molecular weight excluding hydrogens is 230 g/mol. The van der Waals surface area contributed by atoms with Crippen molar-refractivity contribution in [1.82, 2.24) is 9.80 Å². The summed E-state index contributed by atoms with van der Waals surface area (Å²) in [7, 11) is 1.58. The molecule has 2 rings (SSSR count). The highest BCUT2D eigenvalue weighted by molar-refractivity contribution is 6.05. The monoisotopic (exact) mass is 253 g/mol. The van der Waals surface area contributed by atoms with E-state index in [0.29, 0.717) is 18.5 Å². The molecule has 0 radical (unpaired) electrons. The largest absolute Gasteiger partial charge is 0.328 e. The molecule has 1 aliphatic carbocycles. The zero-order valence-corrected chi connectivity index (χ0v) is 11.3. The van der Waals surface area contributed by atoms with Gasteiger partial charge in [0.05, 0.1) is 12.5 Å². The Bertz CT molecular complexity index is 337. The van der Waals surface area contributed by atoms with Crippen LogP contribution in [0.1, 0.15) is 39.0 Å². The van der Waals surface area contributed by atoms with Gasteiger partial charge in [0.15, 0.2) is 0 Å². The Labute approximate surface area is 108 Å². The molecule has 1 atom stereocenters. The first-order chi connectivity index (χ1) is 8.54. The fraction of sp³-hybridized carbons (Fsp3) is 0.846. The van der Waals surface area contributed by atoms with Crippen LogP contribution in [0, 0.1) is 0 Å². The number of hydrogen-bond donors (Lipinski definition) is 1. The standard InChI is InChI=1S/C13H23N3O2/c1-3-16(10-6-4-9(14)5-7-10)11-8-12(17)15(2)13(11)18/h9-11H,3-8,14H2,1-2H3. The fourth-order valence-electron chi connectivity index (χ4n) is 3.16. The maximum atomic E-state index is 12.1. The summed E-state index contributed by atoms with van der Waals surface area (Å²) in [5.74, 6) is -0.104. The summed E-state index contributed by atoms with van der Waals surface area (Å²) in [6.07, 6.45) is 4.46. The average molecular weight is 253 g/mol. The van der Waals surface area contributed by atoms with Gasteiger partial charge in [0, 0.05) is 19.1 Å². The lowest BCUT2D eigenvalue weighted by Gasteiger charge is -2.37. The molecule has 0 aromatic heterocycles. The van der Waals surface area contributed by atoms with Gasteiger partial charge in [-0.15, -0.1) is 0 Å². The summed E-state index contributed by atoms with van der Waals surface area (Å²) in [6.45, 7) is 2.88. The molecule has 0 bridgehead atoms. The molecule has 5 heteroatoms. The van der Waals surface area contributed by atoms with Gasteiger partial charge in [-0.25, -0.2) is 0 Å². The van der Waals surface area contributed by atoms with Crippen molar-refractivity contribution < 1.29 is 9.59 Å². The predicted octanol–water partition coefficient (Wildman–Crippen LogP) is 0.336. The van der Waals surface area contributed by atoms with Crippen molar-refractivity contribution in [2.45, 2.75) is 57.2 Å². The Morgan fingerprint density at radius 1 is 1.28 bits per heavy atom. The fourth-order valence-corrected chi connectivity index (χ4v) is 3.16. The first-order valence-corrected chi connectivity index (χ1v) is 6.86. The van der Waals surface area contributed by atoms with Gasteiger partial charge in [0.1, 0.15) is 0 Å². The third kappa shape index (κ3) is 2.42. The average Bonchev–Trinajstić information content (AvgIpc) is 2.61. The third-order valence-electron chi connectivity index (χ3n) is 4.33. The second-order valence-electron chi connectivity index (χ2n) is 5.41. The van der Waals surface area contributed by atoms with Crippen LogP contribution in [0.2, 0.25) is 0 Å². The van der Waals surface area contributed by atoms with Crippen LogP contribution < -0.4 is 5.73 Å². The van der Waals surface area contributed by atoms with Crippen molar-refractivity contribution in [1.29, 1.82) is 0 Å². The van der Waals surface area contributed by atoms with E-state index < -0.39 is 0 Å². The van der Waals surface area contributed by atoms with E-state index in [9.17, 15) is 9.59 Å². The second-order valence-corrected chi connectivity index (χ2v) is 5.41. The zero-order chi connectivity index (χ0) is 13.3. The Kier molecular flexibility index (Phi) is 4.02. The number of nitrogens with two attached hydrogens (primary N) is 1. The van der Waals surface area contributed by atoms with Crippen LogP contribution in [0.4, 0.5) is 0 Å². The van der Waals surface area contributed by atoms with Gasteiger partial charge in [-0.2, -0.15) is 0 Å². The molecular formula is C13H23N3O2. The third-order valence-corrected chi connectivity index (χ3v) is 4.33. The summed E-state index contributed by atoms with van der Waals surface area (Å²) in [6, 6.07) is 0.471. The van der Waals surface area contributed by atoms with Gasteiger partial charge in [-0.05, 0) is 32.2 Å². The quantitative estimate of drug-likeness (QED) is 0.736. The van der Waals surface area contributed by atoms with Crippen LogP contribution in [-0.4, -0.2) is 53.3 Å². The number of imide groups is 1. The lowest BCUT2D eigenvalue weighted by atomic mass is 9.90. The van der Waals surface area contributed by atoms with E-state index in [1.165, 1.54) is 4.90 Å². The molecule has 1 aliphatic heterocycles. The molecule has 0 aromatic rings. The Morgan fingerprint density at radius 3 is 2.33 bits per heavy atom. The van der Waals surface area contributed by atoms with Crippen LogP contribution in [0.5, 0.6) is 0 Å². The van der Waals surface area contributed by atoms with Crippen molar-refractivity contribution in [3.8, 4) is 0 Å². The summed E-state index contributed by atoms with van der Waals surface area (Å²) >= 11 is 0. The number of likely N-dealkylation sites (N-methyl/N-ethyl adjacent to an activating group) is 2. The van der Waals surface area contributed by atoms with E-state index in [4.69, 9.17) is 5.73 Å².